The third kappa shape index (κ3) is 45.8. The molecule has 1 aliphatic rings. The molecule has 9 unspecified atom stereocenters. The van der Waals surface area contributed by atoms with Crippen LogP contribution in [0.1, 0.15) is 309 Å². The molecule has 0 spiro atoms. The average Bonchev–Trinajstić information content (AvgIpc) is 3.49. The maximum atomic E-state index is 13.2. The van der Waals surface area contributed by atoms with Gasteiger partial charge in [0.1, 0.15) is 36.6 Å². The smallest absolute Gasteiger partial charge is 0.249 e. The molecule has 1 saturated heterocycles. The molecule has 11 nitrogen and oxygen atoms in total. The van der Waals surface area contributed by atoms with E-state index in [4.69, 9.17) is 9.47 Å². The number of carbonyl (C=O) groups is 1. The average molecular weight is 1140 g/mol. The predicted molar refractivity (Wildman–Crippen MR) is 339 cm³/mol. The van der Waals surface area contributed by atoms with Gasteiger partial charge in [0.2, 0.25) is 5.91 Å². The van der Waals surface area contributed by atoms with Crippen molar-refractivity contribution in [2.24, 2.45) is 0 Å². The minimum atomic E-state index is -1.67. The summed E-state index contributed by atoms with van der Waals surface area (Å²) in [5, 5.41) is 76.2. The third-order valence-corrected chi connectivity index (χ3v) is 16.2. The number of amides is 1. The highest BCUT2D eigenvalue weighted by atomic mass is 16.7. The monoisotopic (exact) mass is 1140 g/mol. The number of aliphatic hydroxyl groups excluding tert-OH is 7. The van der Waals surface area contributed by atoms with Crippen molar-refractivity contribution in [1.82, 2.24) is 5.32 Å². The quantitative estimate of drug-likeness (QED) is 0.0215. The molecule has 1 amide bonds. The number of nitrogens with one attached hydrogen (secondary N) is 1. The molecule has 81 heavy (non-hydrogen) atoms. The van der Waals surface area contributed by atoms with Gasteiger partial charge < -0.3 is 50.5 Å². The first-order valence-corrected chi connectivity index (χ1v) is 34.2. The minimum Gasteiger partial charge on any atom is -0.394 e. The van der Waals surface area contributed by atoms with E-state index in [1.54, 1.807) is 0 Å². The van der Waals surface area contributed by atoms with Crippen LogP contribution in [0.4, 0.5) is 0 Å². The molecule has 1 fully saturated rings. The first-order valence-electron chi connectivity index (χ1n) is 34.2. The van der Waals surface area contributed by atoms with E-state index in [1.807, 2.05) is 0 Å². The Kier molecular flexibility index (Phi) is 55.2. The summed E-state index contributed by atoms with van der Waals surface area (Å²) in [7, 11) is 0. The van der Waals surface area contributed by atoms with Crippen LogP contribution in [0, 0.1) is 0 Å². The van der Waals surface area contributed by atoms with E-state index in [0.717, 1.165) is 57.8 Å². The first kappa shape index (κ1) is 76.8. The maximum Gasteiger partial charge on any atom is 0.249 e. The number of aliphatic hydroxyl groups is 7. The summed E-state index contributed by atoms with van der Waals surface area (Å²) in [4.78, 5) is 13.2. The van der Waals surface area contributed by atoms with Gasteiger partial charge in [-0.25, -0.2) is 0 Å². The van der Waals surface area contributed by atoms with Gasteiger partial charge in [-0.15, -0.1) is 0 Å². The van der Waals surface area contributed by atoms with Gasteiger partial charge in [0.25, 0.3) is 0 Å². The molecule has 0 saturated carbocycles. The number of rotatable bonds is 59. The van der Waals surface area contributed by atoms with Crippen molar-refractivity contribution in [3.63, 3.8) is 0 Å². The van der Waals surface area contributed by atoms with Crippen molar-refractivity contribution in [3.8, 4) is 0 Å². The van der Waals surface area contributed by atoms with Crippen LogP contribution < -0.4 is 5.32 Å². The molecular formula is C70H129NO10. The molecule has 1 rings (SSSR count). The second-order valence-electron chi connectivity index (χ2n) is 23.9. The van der Waals surface area contributed by atoms with Gasteiger partial charge >= 0.3 is 0 Å². The second kappa shape index (κ2) is 58.2. The van der Waals surface area contributed by atoms with E-state index < -0.39 is 74.2 Å². The molecule has 9 atom stereocenters. The number of allylic oxidation sites excluding steroid dienone is 10. The molecule has 0 bridgehead atoms. The molecule has 1 heterocycles. The summed E-state index contributed by atoms with van der Waals surface area (Å²) in [5.74, 6) is -0.711. The van der Waals surface area contributed by atoms with Crippen LogP contribution in [-0.4, -0.2) is 110 Å². The number of unbranched alkanes of at least 4 members (excludes halogenated alkanes) is 37. The number of hydrogen-bond donors (Lipinski definition) is 8. The summed E-state index contributed by atoms with van der Waals surface area (Å²) < 4.78 is 11.1. The molecule has 0 radical (unpaired) electrons. The van der Waals surface area contributed by atoms with E-state index in [-0.39, 0.29) is 12.8 Å². The van der Waals surface area contributed by atoms with Crippen LogP contribution in [0.15, 0.2) is 60.8 Å². The van der Waals surface area contributed by atoms with Crippen LogP contribution in [0.3, 0.4) is 0 Å². The highest BCUT2D eigenvalue weighted by Crippen LogP contribution is 2.24. The van der Waals surface area contributed by atoms with Crippen molar-refractivity contribution < 1.29 is 50.0 Å². The van der Waals surface area contributed by atoms with E-state index in [9.17, 15) is 40.5 Å². The Labute approximate surface area is 497 Å². The summed E-state index contributed by atoms with van der Waals surface area (Å²) >= 11 is 0. The molecule has 8 N–H and O–H groups in total. The molecule has 474 valence electrons. The van der Waals surface area contributed by atoms with Gasteiger partial charge in [-0.05, 0) is 96.3 Å². The predicted octanol–water partition coefficient (Wildman–Crippen LogP) is 16.1. The maximum absolute atomic E-state index is 13.2. The van der Waals surface area contributed by atoms with Crippen LogP contribution in [0.25, 0.3) is 0 Å². The number of carbonyl (C=O) groups excluding carboxylic acids is 1. The minimum absolute atomic E-state index is 0.240. The molecule has 0 aromatic heterocycles. The van der Waals surface area contributed by atoms with Crippen molar-refractivity contribution in [2.45, 2.75) is 364 Å². The van der Waals surface area contributed by atoms with Gasteiger partial charge in [-0.1, -0.05) is 274 Å². The zero-order valence-corrected chi connectivity index (χ0v) is 52.3. The molecule has 0 aromatic carbocycles. The van der Waals surface area contributed by atoms with Crippen LogP contribution in [0.5, 0.6) is 0 Å². The Morgan fingerprint density at radius 1 is 0.432 bits per heavy atom. The fraction of sp³-hybridized carbons (Fsp3) is 0.843. The fourth-order valence-electron chi connectivity index (χ4n) is 10.7. The highest BCUT2D eigenvalue weighted by Gasteiger charge is 2.44. The summed E-state index contributed by atoms with van der Waals surface area (Å²) in [6.07, 6.45) is 66.1. The SMILES string of the molecule is CCCCC/C=C/CC/C=C/CC/C=C/CCCC(O)C(O)C(COC1OC(CO)C(O)C(O)C1O)NC(=O)C(O)CCCCCCCCCCCCCCCCCC/C=C\C/C=C\CCCCCCCCCCCCCCCCC. The molecule has 0 aromatic rings. The second-order valence-corrected chi connectivity index (χ2v) is 23.9. The zero-order chi connectivity index (χ0) is 58.9. The van der Waals surface area contributed by atoms with E-state index in [1.165, 1.54) is 205 Å². The number of hydrogen-bond acceptors (Lipinski definition) is 10. The normalized spacial score (nSPS) is 19.5. The number of ether oxygens (including phenoxy) is 2. The Bertz CT molecular complexity index is 1500. The standard InChI is InChI=1S/C70H129NO10/c1-3-5-7-9-11-13-15-17-19-21-22-23-24-25-26-27-28-29-30-31-32-33-34-35-36-37-38-39-40-41-42-44-46-48-50-52-54-56-58-63(74)69(79)71-61(60-80-70-68(78)67(77)66(76)64(59-72)81-70)65(75)62(73)57-55-53-51-49-47-45-43-20-18-16-14-12-10-8-6-4-2/h12,14,20,28-29,31-32,43,49,51,61-68,70,72-78H,3-11,13,15-19,21-27,30,33-42,44-48,50,52-60H2,1-2H3,(H,71,79)/b14-12+,29-28-,32-31-,43-20+,51-49+. The topological polar surface area (TPSA) is 189 Å². The van der Waals surface area contributed by atoms with Crippen LogP contribution in [-0.2, 0) is 14.3 Å². The third-order valence-electron chi connectivity index (χ3n) is 16.2. The van der Waals surface area contributed by atoms with E-state index in [2.05, 4.69) is 79.9 Å². The Balaban J connectivity index is 2.15. The van der Waals surface area contributed by atoms with Crippen LogP contribution in [0.2, 0.25) is 0 Å². The Morgan fingerprint density at radius 2 is 0.778 bits per heavy atom. The lowest BCUT2D eigenvalue weighted by Crippen LogP contribution is -2.60. The van der Waals surface area contributed by atoms with Crippen LogP contribution >= 0.6 is 0 Å². The molecule has 11 heteroatoms. The van der Waals surface area contributed by atoms with Crippen molar-refractivity contribution in [3.05, 3.63) is 60.8 Å². The van der Waals surface area contributed by atoms with Crippen molar-refractivity contribution in [1.29, 1.82) is 0 Å². The summed E-state index contributed by atoms with van der Waals surface area (Å²) in [6.45, 7) is 3.43. The molecule has 0 aliphatic carbocycles. The van der Waals surface area contributed by atoms with Gasteiger partial charge in [-0.3, -0.25) is 4.79 Å². The summed E-state index contributed by atoms with van der Waals surface area (Å²) in [5.41, 5.74) is 0. The lowest BCUT2D eigenvalue weighted by Gasteiger charge is -2.40. The first-order chi connectivity index (χ1) is 39.7. The van der Waals surface area contributed by atoms with Gasteiger partial charge in [-0.2, -0.15) is 0 Å². The van der Waals surface area contributed by atoms with Gasteiger partial charge in [0.05, 0.1) is 25.4 Å². The summed E-state index contributed by atoms with van der Waals surface area (Å²) in [6, 6.07) is -1.20. The Hall–Kier alpha value is -2.19. The zero-order valence-electron chi connectivity index (χ0n) is 52.3. The molecule has 1 aliphatic heterocycles. The van der Waals surface area contributed by atoms with Gasteiger partial charge in [0, 0.05) is 0 Å². The Morgan fingerprint density at radius 3 is 1.20 bits per heavy atom. The van der Waals surface area contributed by atoms with E-state index in [0.29, 0.717) is 19.3 Å². The lowest BCUT2D eigenvalue weighted by atomic mass is 9.98. The lowest BCUT2D eigenvalue weighted by molar-refractivity contribution is -0.303. The van der Waals surface area contributed by atoms with E-state index >= 15 is 0 Å². The van der Waals surface area contributed by atoms with Crippen molar-refractivity contribution in [2.75, 3.05) is 13.2 Å². The largest absolute Gasteiger partial charge is 0.394 e. The fourth-order valence-corrected chi connectivity index (χ4v) is 10.7. The molecular weight excluding hydrogens is 1010 g/mol. The highest BCUT2D eigenvalue weighted by molar-refractivity contribution is 5.80. The van der Waals surface area contributed by atoms with Gasteiger partial charge in [0.15, 0.2) is 6.29 Å². The van der Waals surface area contributed by atoms with Crippen molar-refractivity contribution >= 4 is 5.91 Å².